The van der Waals surface area contributed by atoms with Crippen LogP contribution in [0.25, 0.3) is 0 Å². The number of epoxide rings is 1. The molecule has 1 saturated heterocycles. The molecule has 2 heteroatoms. The molecule has 1 aliphatic rings. The molecule has 0 amide bonds. The fourth-order valence-corrected chi connectivity index (χ4v) is 0.967. The largest absolute Gasteiger partial charge is 0.358 e. The second kappa shape index (κ2) is 2.55. The second-order valence-electron chi connectivity index (χ2n) is 2.83. The average molecular weight is 149 g/mol. The van der Waals surface area contributed by atoms with E-state index in [1.165, 1.54) is 5.56 Å². The predicted molar refractivity (Wildman–Crippen MR) is 44.5 cm³/mol. The smallest absolute Gasteiger partial charge is 0.151 e. The van der Waals surface area contributed by atoms with Gasteiger partial charge in [-0.3, -0.25) is 0 Å². The van der Waals surface area contributed by atoms with Crippen molar-refractivity contribution in [2.45, 2.75) is 13.2 Å². The van der Waals surface area contributed by atoms with E-state index in [1.807, 2.05) is 0 Å². The van der Waals surface area contributed by atoms with Gasteiger partial charge in [-0.2, -0.15) is 0 Å². The van der Waals surface area contributed by atoms with Crippen LogP contribution in [0, 0.1) is 6.92 Å². The van der Waals surface area contributed by atoms with Crippen LogP contribution in [0.1, 0.15) is 5.56 Å². The van der Waals surface area contributed by atoms with E-state index >= 15 is 0 Å². The molecule has 1 aromatic rings. The maximum Gasteiger partial charge on any atom is 0.151 e. The predicted octanol–water partition coefficient (Wildman–Crippen LogP) is 1.76. The van der Waals surface area contributed by atoms with Crippen LogP contribution in [0.2, 0.25) is 0 Å². The van der Waals surface area contributed by atoms with Crippen LogP contribution in [0.15, 0.2) is 24.3 Å². The lowest BCUT2D eigenvalue weighted by atomic mass is 10.2. The van der Waals surface area contributed by atoms with Crippen molar-refractivity contribution in [1.29, 1.82) is 0 Å². The highest BCUT2D eigenvalue weighted by Gasteiger charge is 2.21. The van der Waals surface area contributed by atoms with E-state index in [1.54, 1.807) is 0 Å². The Labute approximate surface area is 66.2 Å². The molecular formula is C9H11NO. The van der Waals surface area contributed by atoms with Crippen LogP contribution in [0.3, 0.4) is 0 Å². The van der Waals surface area contributed by atoms with Crippen LogP contribution >= 0.6 is 0 Å². The van der Waals surface area contributed by atoms with E-state index in [0.29, 0.717) is 0 Å². The number of aryl methyl sites for hydroxylation is 1. The first-order chi connectivity index (χ1) is 5.34. The summed E-state index contributed by atoms with van der Waals surface area (Å²) in [5.41, 5.74) is 2.42. The van der Waals surface area contributed by atoms with Gasteiger partial charge in [-0.1, -0.05) is 17.7 Å². The molecule has 1 aromatic carbocycles. The average Bonchev–Trinajstić information content (AvgIpc) is 2.78. The van der Waals surface area contributed by atoms with Gasteiger partial charge in [0.25, 0.3) is 0 Å². The van der Waals surface area contributed by atoms with Crippen molar-refractivity contribution in [2.75, 3.05) is 11.9 Å². The highest BCUT2D eigenvalue weighted by Crippen LogP contribution is 2.15. The zero-order valence-corrected chi connectivity index (χ0v) is 6.50. The van der Waals surface area contributed by atoms with Gasteiger partial charge >= 0.3 is 0 Å². The standard InChI is InChI=1S/C9H11NO/c1-7-2-4-8(5-3-7)10-9-6-11-9/h2-5,9-10H,6H2,1H3. The summed E-state index contributed by atoms with van der Waals surface area (Å²) in [6.45, 7) is 2.92. The molecule has 1 N–H and O–H groups in total. The molecule has 2 rings (SSSR count). The third kappa shape index (κ3) is 1.71. The summed E-state index contributed by atoms with van der Waals surface area (Å²) in [4.78, 5) is 0. The van der Waals surface area contributed by atoms with Crippen LogP contribution in [0.5, 0.6) is 0 Å². The summed E-state index contributed by atoms with van der Waals surface area (Å²) in [5, 5.41) is 3.22. The van der Waals surface area contributed by atoms with E-state index in [0.717, 1.165) is 12.3 Å². The number of hydrogen-bond donors (Lipinski definition) is 1. The van der Waals surface area contributed by atoms with Crippen LogP contribution in [0.4, 0.5) is 5.69 Å². The topological polar surface area (TPSA) is 24.6 Å². The van der Waals surface area contributed by atoms with Gasteiger partial charge in [0.2, 0.25) is 0 Å². The van der Waals surface area contributed by atoms with Gasteiger partial charge < -0.3 is 10.1 Å². The molecule has 0 spiro atoms. The first kappa shape index (κ1) is 6.68. The van der Waals surface area contributed by atoms with E-state index < -0.39 is 0 Å². The van der Waals surface area contributed by atoms with Crippen LogP contribution < -0.4 is 5.32 Å². The van der Waals surface area contributed by atoms with E-state index in [2.05, 4.69) is 36.5 Å². The molecule has 1 fully saturated rings. The van der Waals surface area contributed by atoms with Gasteiger partial charge in [-0.05, 0) is 19.1 Å². The molecule has 2 nitrogen and oxygen atoms in total. The Morgan fingerprint density at radius 1 is 1.36 bits per heavy atom. The minimum atomic E-state index is 0.262. The lowest BCUT2D eigenvalue weighted by molar-refractivity contribution is 0.428. The lowest BCUT2D eigenvalue weighted by Crippen LogP contribution is -2.01. The SMILES string of the molecule is Cc1ccc(NC2CO2)cc1. The van der Waals surface area contributed by atoms with Crippen molar-refractivity contribution in [2.24, 2.45) is 0 Å². The Morgan fingerprint density at radius 3 is 2.55 bits per heavy atom. The summed E-state index contributed by atoms with van der Waals surface area (Å²) in [6, 6.07) is 8.31. The highest BCUT2D eigenvalue weighted by atomic mass is 16.6. The zero-order valence-electron chi connectivity index (χ0n) is 6.50. The van der Waals surface area contributed by atoms with Crippen molar-refractivity contribution in [3.8, 4) is 0 Å². The van der Waals surface area contributed by atoms with Crippen LogP contribution in [-0.4, -0.2) is 12.8 Å². The number of ether oxygens (including phenoxy) is 1. The minimum Gasteiger partial charge on any atom is -0.358 e. The molecule has 0 radical (unpaired) electrons. The molecule has 11 heavy (non-hydrogen) atoms. The summed E-state index contributed by atoms with van der Waals surface area (Å²) < 4.78 is 5.03. The molecule has 0 aromatic heterocycles. The zero-order chi connectivity index (χ0) is 7.68. The number of benzene rings is 1. The highest BCUT2D eigenvalue weighted by molar-refractivity contribution is 5.45. The Morgan fingerprint density at radius 2 is 2.00 bits per heavy atom. The van der Waals surface area contributed by atoms with Crippen LogP contribution in [-0.2, 0) is 4.74 Å². The summed E-state index contributed by atoms with van der Waals surface area (Å²) in [6.07, 6.45) is 0.262. The van der Waals surface area contributed by atoms with Gasteiger partial charge in [-0.25, -0.2) is 0 Å². The van der Waals surface area contributed by atoms with Gasteiger partial charge in [0.15, 0.2) is 6.23 Å². The van der Waals surface area contributed by atoms with E-state index in [4.69, 9.17) is 4.74 Å². The van der Waals surface area contributed by atoms with Crippen molar-refractivity contribution in [3.63, 3.8) is 0 Å². The molecule has 1 atom stereocenters. The third-order valence-corrected chi connectivity index (χ3v) is 1.71. The summed E-state index contributed by atoms with van der Waals surface area (Å²) in [7, 11) is 0. The molecule has 0 saturated carbocycles. The quantitative estimate of drug-likeness (QED) is 0.648. The second-order valence-corrected chi connectivity index (χ2v) is 2.83. The lowest BCUT2D eigenvalue weighted by Gasteiger charge is -2.01. The third-order valence-electron chi connectivity index (χ3n) is 1.71. The summed E-state index contributed by atoms with van der Waals surface area (Å²) in [5.74, 6) is 0. The van der Waals surface area contributed by atoms with Crippen molar-refractivity contribution < 1.29 is 4.74 Å². The summed E-state index contributed by atoms with van der Waals surface area (Å²) >= 11 is 0. The molecular weight excluding hydrogens is 138 g/mol. The maximum atomic E-state index is 5.03. The van der Waals surface area contributed by atoms with E-state index in [9.17, 15) is 0 Å². The van der Waals surface area contributed by atoms with Crippen molar-refractivity contribution in [1.82, 2.24) is 0 Å². The molecule has 0 aliphatic carbocycles. The minimum absolute atomic E-state index is 0.262. The molecule has 1 unspecified atom stereocenters. The molecule has 1 heterocycles. The van der Waals surface area contributed by atoms with Gasteiger partial charge in [-0.15, -0.1) is 0 Å². The Balaban J connectivity index is 2.06. The maximum absolute atomic E-state index is 5.03. The van der Waals surface area contributed by atoms with Crippen molar-refractivity contribution >= 4 is 5.69 Å². The van der Waals surface area contributed by atoms with Gasteiger partial charge in [0.05, 0.1) is 6.61 Å². The van der Waals surface area contributed by atoms with Gasteiger partial charge in [0, 0.05) is 5.69 Å². The normalized spacial score (nSPS) is 21.4. The fourth-order valence-electron chi connectivity index (χ4n) is 0.967. The Bertz CT molecular complexity index is 238. The Kier molecular flexibility index (Phi) is 1.55. The molecule has 0 bridgehead atoms. The molecule has 58 valence electrons. The van der Waals surface area contributed by atoms with E-state index in [-0.39, 0.29) is 6.23 Å². The number of hydrogen-bond acceptors (Lipinski definition) is 2. The number of nitrogens with one attached hydrogen (secondary N) is 1. The Hall–Kier alpha value is -1.02. The molecule has 1 aliphatic heterocycles. The fraction of sp³-hybridized carbons (Fsp3) is 0.333. The van der Waals surface area contributed by atoms with Gasteiger partial charge in [0.1, 0.15) is 0 Å². The first-order valence-corrected chi connectivity index (χ1v) is 3.79. The number of rotatable bonds is 2. The first-order valence-electron chi connectivity index (χ1n) is 3.79. The van der Waals surface area contributed by atoms with Crippen molar-refractivity contribution in [3.05, 3.63) is 29.8 Å². The monoisotopic (exact) mass is 149 g/mol. The number of anilines is 1.